The maximum atomic E-state index is 8.47. The Morgan fingerprint density at radius 1 is 1.88 bits per heavy atom. The number of rotatable bonds is 1. The van der Waals surface area contributed by atoms with Crippen molar-refractivity contribution in [3.05, 3.63) is 17.8 Å². The van der Waals surface area contributed by atoms with E-state index >= 15 is 0 Å². The Hall–Kier alpha value is -0.830. The number of aromatic nitrogens is 1. The van der Waals surface area contributed by atoms with E-state index in [0.717, 1.165) is 5.69 Å². The summed E-state index contributed by atoms with van der Waals surface area (Å²) in [7, 11) is 0. The summed E-state index contributed by atoms with van der Waals surface area (Å²) in [5.74, 6) is 0.546. The number of oxazole rings is 1. The van der Waals surface area contributed by atoms with Gasteiger partial charge in [0.25, 0.3) is 0 Å². The molecule has 0 amide bonds. The molecule has 0 spiro atoms. The van der Waals surface area contributed by atoms with Gasteiger partial charge in [0.15, 0.2) is 12.2 Å². The van der Waals surface area contributed by atoms with Crippen LogP contribution in [0.5, 0.6) is 0 Å². The molecule has 1 aromatic rings. The van der Waals surface area contributed by atoms with Crippen LogP contribution >= 0.6 is 0 Å². The standard InChI is InChI=1S/C5H7NO2/c1-4-5(2-7)8-3-6-4/h3,7H,2H2,1H3. The fourth-order valence-electron chi connectivity index (χ4n) is 0.478. The van der Waals surface area contributed by atoms with Crippen LogP contribution in [0.2, 0.25) is 0 Å². The predicted molar refractivity (Wildman–Crippen MR) is 27.2 cm³/mol. The molecule has 0 aliphatic rings. The van der Waals surface area contributed by atoms with E-state index in [2.05, 4.69) is 4.98 Å². The lowest BCUT2D eigenvalue weighted by Gasteiger charge is -1.84. The van der Waals surface area contributed by atoms with Crippen LogP contribution in [0.4, 0.5) is 0 Å². The van der Waals surface area contributed by atoms with E-state index in [1.54, 1.807) is 6.92 Å². The van der Waals surface area contributed by atoms with Gasteiger partial charge < -0.3 is 9.52 Å². The molecular formula is C5H7NO2. The molecule has 3 heteroatoms. The summed E-state index contributed by atoms with van der Waals surface area (Å²) in [5.41, 5.74) is 0.757. The van der Waals surface area contributed by atoms with Gasteiger partial charge in [0.1, 0.15) is 6.61 Å². The summed E-state index contributed by atoms with van der Waals surface area (Å²) in [5, 5.41) is 8.47. The first-order chi connectivity index (χ1) is 3.84. The average molecular weight is 113 g/mol. The molecule has 1 aromatic heterocycles. The molecule has 8 heavy (non-hydrogen) atoms. The van der Waals surface area contributed by atoms with Crippen LogP contribution in [0.3, 0.4) is 0 Å². The minimum absolute atomic E-state index is 0.0637. The van der Waals surface area contributed by atoms with E-state index < -0.39 is 0 Å². The zero-order valence-electron chi connectivity index (χ0n) is 4.59. The number of aryl methyl sites for hydroxylation is 1. The van der Waals surface area contributed by atoms with Crippen LogP contribution in [0.15, 0.2) is 10.8 Å². The van der Waals surface area contributed by atoms with E-state index in [-0.39, 0.29) is 6.61 Å². The van der Waals surface area contributed by atoms with Crippen molar-refractivity contribution < 1.29 is 9.52 Å². The highest BCUT2D eigenvalue weighted by Gasteiger charge is 1.97. The smallest absolute Gasteiger partial charge is 0.181 e. The van der Waals surface area contributed by atoms with Crippen LogP contribution in [-0.4, -0.2) is 10.1 Å². The zero-order chi connectivity index (χ0) is 5.98. The normalized spacial score (nSPS) is 9.75. The van der Waals surface area contributed by atoms with Gasteiger partial charge in [-0.1, -0.05) is 0 Å². The second kappa shape index (κ2) is 1.96. The monoisotopic (exact) mass is 113 g/mol. The third kappa shape index (κ3) is 0.721. The van der Waals surface area contributed by atoms with Gasteiger partial charge in [0, 0.05) is 0 Å². The molecule has 0 atom stereocenters. The van der Waals surface area contributed by atoms with Gasteiger partial charge in [-0.3, -0.25) is 0 Å². The number of aliphatic hydroxyl groups is 1. The van der Waals surface area contributed by atoms with Crippen LogP contribution < -0.4 is 0 Å². The fourth-order valence-corrected chi connectivity index (χ4v) is 0.478. The first kappa shape index (κ1) is 5.31. The Morgan fingerprint density at radius 2 is 2.62 bits per heavy atom. The first-order valence-electron chi connectivity index (χ1n) is 2.34. The Morgan fingerprint density at radius 3 is 2.88 bits per heavy atom. The lowest BCUT2D eigenvalue weighted by Crippen LogP contribution is -1.81. The minimum Gasteiger partial charge on any atom is -0.446 e. The Kier molecular flexibility index (Phi) is 1.30. The predicted octanol–water partition coefficient (Wildman–Crippen LogP) is 0.475. The lowest BCUT2D eigenvalue weighted by molar-refractivity contribution is 0.246. The van der Waals surface area contributed by atoms with Gasteiger partial charge in [0.2, 0.25) is 0 Å². The molecule has 1 heterocycles. The summed E-state index contributed by atoms with van der Waals surface area (Å²) in [6.45, 7) is 1.72. The summed E-state index contributed by atoms with van der Waals surface area (Å²) < 4.78 is 4.75. The van der Waals surface area contributed by atoms with Crippen molar-refractivity contribution in [2.24, 2.45) is 0 Å². The van der Waals surface area contributed by atoms with Crippen LogP contribution in [0.1, 0.15) is 11.5 Å². The molecule has 0 aliphatic heterocycles. The van der Waals surface area contributed by atoms with Gasteiger partial charge in [0.05, 0.1) is 5.69 Å². The van der Waals surface area contributed by atoms with E-state index in [9.17, 15) is 0 Å². The highest BCUT2D eigenvalue weighted by atomic mass is 16.4. The minimum atomic E-state index is -0.0637. The molecule has 1 rings (SSSR count). The van der Waals surface area contributed by atoms with Gasteiger partial charge in [-0.05, 0) is 6.92 Å². The van der Waals surface area contributed by atoms with E-state index in [1.807, 2.05) is 0 Å². The van der Waals surface area contributed by atoms with Gasteiger partial charge in [-0.2, -0.15) is 0 Å². The van der Waals surface area contributed by atoms with Crippen molar-refractivity contribution in [3.8, 4) is 0 Å². The van der Waals surface area contributed by atoms with Crippen LogP contribution in [-0.2, 0) is 6.61 Å². The van der Waals surface area contributed by atoms with Crippen LogP contribution in [0, 0.1) is 6.92 Å². The molecule has 0 saturated heterocycles. The molecule has 0 unspecified atom stereocenters. The largest absolute Gasteiger partial charge is 0.446 e. The molecule has 0 radical (unpaired) electrons. The first-order valence-corrected chi connectivity index (χ1v) is 2.34. The molecule has 0 aliphatic carbocycles. The molecular weight excluding hydrogens is 106 g/mol. The second-order valence-corrected chi connectivity index (χ2v) is 1.52. The summed E-state index contributed by atoms with van der Waals surface area (Å²) in [6.07, 6.45) is 1.32. The molecule has 0 saturated carbocycles. The SMILES string of the molecule is Cc1ncoc1CO. The average Bonchev–Trinajstić information content (AvgIpc) is 2.14. The molecule has 1 N–H and O–H groups in total. The third-order valence-corrected chi connectivity index (χ3v) is 0.988. The highest BCUT2D eigenvalue weighted by Crippen LogP contribution is 2.02. The van der Waals surface area contributed by atoms with Crippen molar-refractivity contribution in [3.63, 3.8) is 0 Å². The van der Waals surface area contributed by atoms with Crippen molar-refractivity contribution in [2.75, 3.05) is 0 Å². The maximum absolute atomic E-state index is 8.47. The van der Waals surface area contributed by atoms with Gasteiger partial charge >= 0.3 is 0 Å². The number of nitrogens with zero attached hydrogens (tertiary/aromatic N) is 1. The molecule has 0 aromatic carbocycles. The van der Waals surface area contributed by atoms with Crippen molar-refractivity contribution in [1.29, 1.82) is 0 Å². The lowest BCUT2D eigenvalue weighted by atomic mass is 10.4. The van der Waals surface area contributed by atoms with E-state index in [4.69, 9.17) is 9.52 Å². The molecule has 3 nitrogen and oxygen atoms in total. The van der Waals surface area contributed by atoms with Crippen LogP contribution in [0.25, 0.3) is 0 Å². The van der Waals surface area contributed by atoms with Gasteiger partial charge in [-0.15, -0.1) is 0 Å². The number of aliphatic hydroxyl groups excluding tert-OH is 1. The van der Waals surface area contributed by atoms with E-state index in [1.165, 1.54) is 6.39 Å². The van der Waals surface area contributed by atoms with Gasteiger partial charge in [-0.25, -0.2) is 4.98 Å². The molecule has 0 fully saturated rings. The van der Waals surface area contributed by atoms with Crippen molar-refractivity contribution in [1.82, 2.24) is 4.98 Å². The van der Waals surface area contributed by atoms with E-state index in [0.29, 0.717) is 5.76 Å². The topological polar surface area (TPSA) is 46.3 Å². The Balaban J connectivity index is 2.92. The summed E-state index contributed by atoms with van der Waals surface area (Å²) >= 11 is 0. The van der Waals surface area contributed by atoms with Crippen molar-refractivity contribution in [2.45, 2.75) is 13.5 Å². The van der Waals surface area contributed by atoms with Crippen molar-refractivity contribution >= 4 is 0 Å². The summed E-state index contributed by atoms with van der Waals surface area (Å²) in [4.78, 5) is 3.76. The molecule has 0 bridgehead atoms. The quantitative estimate of drug-likeness (QED) is 0.576. The highest BCUT2D eigenvalue weighted by molar-refractivity contribution is 5.01. The maximum Gasteiger partial charge on any atom is 0.181 e. The summed E-state index contributed by atoms with van der Waals surface area (Å²) in [6, 6.07) is 0. The third-order valence-electron chi connectivity index (χ3n) is 0.988. The Labute approximate surface area is 47.0 Å². The zero-order valence-corrected chi connectivity index (χ0v) is 4.59. The fraction of sp³-hybridized carbons (Fsp3) is 0.400. The number of hydrogen-bond acceptors (Lipinski definition) is 3. The second-order valence-electron chi connectivity index (χ2n) is 1.52. The molecule has 44 valence electrons. The number of hydrogen-bond donors (Lipinski definition) is 1. The Bertz CT molecular complexity index is 171.